The Morgan fingerprint density at radius 1 is 0.854 bits per heavy atom. The molecule has 2 rings (SSSR count). The first-order valence-corrected chi connectivity index (χ1v) is 15.6. The molecule has 0 radical (unpaired) electrons. The molecule has 2 saturated heterocycles. The van der Waals surface area contributed by atoms with Crippen molar-refractivity contribution in [2.24, 2.45) is 11.3 Å². The molecule has 2 fully saturated rings. The van der Waals surface area contributed by atoms with Crippen molar-refractivity contribution in [3.63, 3.8) is 0 Å². The first-order chi connectivity index (χ1) is 19.0. The zero-order valence-corrected chi connectivity index (χ0v) is 27.5. The molecule has 0 aromatic carbocycles. The Morgan fingerprint density at radius 2 is 1.44 bits per heavy atom. The molecule has 0 aromatic rings. The molecular formula is C32H57N5O4. The molecule has 41 heavy (non-hydrogen) atoms. The molecule has 0 saturated carbocycles. The smallest absolute Gasteiger partial charge is 0.249 e. The summed E-state index contributed by atoms with van der Waals surface area (Å²) in [6.07, 6.45) is 6.14. The third-order valence-corrected chi connectivity index (χ3v) is 8.39. The second kappa shape index (κ2) is 14.7. The number of likely N-dealkylation sites (N-methyl/N-ethyl adjacent to an activating group) is 1. The van der Waals surface area contributed by atoms with Gasteiger partial charge in [0.1, 0.15) is 12.1 Å². The number of likely N-dealkylation sites (tertiary alicyclic amines) is 2. The maximum absolute atomic E-state index is 14.0. The van der Waals surface area contributed by atoms with Gasteiger partial charge < -0.3 is 20.4 Å². The van der Waals surface area contributed by atoms with Gasteiger partial charge in [0.25, 0.3) is 0 Å². The van der Waals surface area contributed by atoms with Crippen molar-refractivity contribution in [2.45, 2.75) is 138 Å². The van der Waals surface area contributed by atoms with Crippen molar-refractivity contribution < 1.29 is 19.2 Å². The maximum Gasteiger partial charge on any atom is 0.249 e. The molecule has 4 atom stereocenters. The number of hydrogen-bond donors (Lipinski definition) is 2. The number of carbonyl (C=O) groups excluding carboxylic acids is 4. The van der Waals surface area contributed by atoms with Gasteiger partial charge in [-0.2, -0.15) is 0 Å². The number of hydrogen-bond acceptors (Lipinski definition) is 5. The highest BCUT2D eigenvalue weighted by atomic mass is 16.2. The van der Waals surface area contributed by atoms with E-state index < -0.39 is 17.5 Å². The van der Waals surface area contributed by atoms with Gasteiger partial charge in [-0.15, -0.1) is 0 Å². The molecule has 0 bridgehead atoms. The van der Waals surface area contributed by atoms with Gasteiger partial charge in [-0.05, 0) is 78.2 Å². The third-order valence-electron chi connectivity index (χ3n) is 8.39. The Bertz CT molecular complexity index is 968. The van der Waals surface area contributed by atoms with Crippen molar-refractivity contribution >= 4 is 23.6 Å². The SMILES string of the molecule is C/C(=C\[C@H](C(C)C)N(C)C(=O)[C@@H](NC(=O)C1CCCCN1C(C)C)C(C)(C)C)C(=O)N1CCCC1C(=O)NC(C)C. The summed E-state index contributed by atoms with van der Waals surface area (Å²) in [4.78, 5) is 59.4. The van der Waals surface area contributed by atoms with Crippen molar-refractivity contribution in [1.82, 2.24) is 25.3 Å². The van der Waals surface area contributed by atoms with Crippen LogP contribution >= 0.6 is 0 Å². The highest BCUT2D eigenvalue weighted by Gasteiger charge is 2.40. The fourth-order valence-corrected chi connectivity index (χ4v) is 6.06. The highest BCUT2D eigenvalue weighted by molar-refractivity contribution is 5.97. The fraction of sp³-hybridized carbons (Fsp3) is 0.812. The van der Waals surface area contributed by atoms with Crippen LogP contribution in [0.2, 0.25) is 0 Å². The van der Waals surface area contributed by atoms with Crippen molar-refractivity contribution in [2.75, 3.05) is 20.1 Å². The molecule has 2 aliphatic rings. The summed E-state index contributed by atoms with van der Waals surface area (Å²) in [7, 11) is 1.75. The summed E-state index contributed by atoms with van der Waals surface area (Å²) < 4.78 is 0. The van der Waals surface area contributed by atoms with E-state index in [9.17, 15) is 19.2 Å². The average molecular weight is 576 g/mol. The number of amides is 4. The Kier molecular flexibility index (Phi) is 12.4. The van der Waals surface area contributed by atoms with Crippen molar-refractivity contribution in [3.8, 4) is 0 Å². The van der Waals surface area contributed by atoms with E-state index in [1.165, 1.54) is 0 Å². The van der Waals surface area contributed by atoms with E-state index in [0.29, 0.717) is 18.5 Å². The lowest BCUT2D eigenvalue weighted by molar-refractivity contribution is -0.142. The largest absolute Gasteiger partial charge is 0.352 e. The molecule has 9 heteroatoms. The molecule has 2 N–H and O–H groups in total. The van der Waals surface area contributed by atoms with E-state index in [2.05, 4.69) is 29.4 Å². The lowest BCUT2D eigenvalue weighted by Crippen LogP contribution is -2.60. The molecule has 234 valence electrons. The number of carbonyl (C=O) groups is 4. The predicted molar refractivity (Wildman–Crippen MR) is 164 cm³/mol. The van der Waals surface area contributed by atoms with Crippen LogP contribution in [0.25, 0.3) is 0 Å². The fourth-order valence-electron chi connectivity index (χ4n) is 6.06. The van der Waals surface area contributed by atoms with Crippen LogP contribution in [0.5, 0.6) is 0 Å². The molecular weight excluding hydrogens is 518 g/mol. The van der Waals surface area contributed by atoms with E-state index >= 15 is 0 Å². The molecule has 4 amide bonds. The normalized spacial score (nSPS) is 22.2. The predicted octanol–water partition coefficient (Wildman–Crippen LogP) is 3.73. The second-order valence-corrected chi connectivity index (χ2v) is 14.0. The van der Waals surface area contributed by atoms with Gasteiger partial charge in [0.2, 0.25) is 23.6 Å². The van der Waals surface area contributed by atoms with Gasteiger partial charge in [-0.1, -0.05) is 47.1 Å². The van der Waals surface area contributed by atoms with Crippen LogP contribution in [0.15, 0.2) is 11.6 Å². The number of nitrogens with zero attached hydrogens (tertiary/aromatic N) is 3. The Morgan fingerprint density at radius 3 is 1.98 bits per heavy atom. The molecule has 9 nitrogen and oxygen atoms in total. The van der Waals surface area contributed by atoms with Crippen LogP contribution in [-0.4, -0.2) is 94.7 Å². The lowest BCUT2D eigenvalue weighted by Gasteiger charge is -2.41. The van der Waals surface area contributed by atoms with Gasteiger partial charge >= 0.3 is 0 Å². The third kappa shape index (κ3) is 9.03. The average Bonchev–Trinajstić information content (AvgIpc) is 3.37. The van der Waals surface area contributed by atoms with E-state index in [4.69, 9.17) is 0 Å². The monoisotopic (exact) mass is 575 g/mol. The zero-order valence-electron chi connectivity index (χ0n) is 27.5. The van der Waals surface area contributed by atoms with E-state index in [1.54, 1.807) is 23.8 Å². The number of nitrogens with one attached hydrogen (secondary N) is 2. The summed E-state index contributed by atoms with van der Waals surface area (Å²) in [6.45, 7) is 21.2. The van der Waals surface area contributed by atoms with Crippen LogP contribution < -0.4 is 10.6 Å². The van der Waals surface area contributed by atoms with Gasteiger partial charge in [0, 0.05) is 31.2 Å². The Balaban J connectivity index is 2.26. The van der Waals surface area contributed by atoms with Crippen molar-refractivity contribution in [1.29, 1.82) is 0 Å². The second-order valence-electron chi connectivity index (χ2n) is 14.0. The first kappa shape index (κ1) is 34.8. The molecule has 2 aliphatic heterocycles. The minimum atomic E-state index is -0.718. The van der Waals surface area contributed by atoms with Gasteiger partial charge in [-0.25, -0.2) is 0 Å². The molecule has 0 spiro atoms. The summed E-state index contributed by atoms with van der Waals surface area (Å²) >= 11 is 0. The zero-order chi connectivity index (χ0) is 31.2. The minimum absolute atomic E-state index is 0.00415. The summed E-state index contributed by atoms with van der Waals surface area (Å²) in [6, 6.07) is -1.54. The van der Waals surface area contributed by atoms with Crippen molar-refractivity contribution in [3.05, 3.63) is 11.6 Å². The van der Waals surface area contributed by atoms with Crippen LogP contribution in [-0.2, 0) is 19.2 Å². The van der Waals surface area contributed by atoms with Crippen LogP contribution in [0.4, 0.5) is 0 Å². The summed E-state index contributed by atoms with van der Waals surface area (Å²) in [5.41, 5.74) is -0.000204. The molecule has 2 unspecified atom stereocenters. The maximum atomic E-state index is 14.0. The summed E-state index contributed by atoms with van der Waals surface area (Å²) in [5, 5.41) is 6.06. The standard InChI is InChI=1S/C32H57N5O4/c1-20(2)26(19-23(7)30(40)37-18-14-16-25(37)28(38)33-21(3)4)35(11)31(41)27(32(8,9)10)34-29(39)24-15-12-13-17-36(24)22(5)6/h19-22,24-27H,12-18H2,1-11H3,(H,33,38)(H,34,39)/b23-19+/t24?,25?,26-,27-/m1/s1. The minimum Gasteiger partial charge on any atom is -0.352 e. The number of piperidine rings is 1. The lowest BCUT2D eigenvalue weighted by atomic mass is 9.84. The Hall–Kier alpha value is -2.42. The van der Waals surface area contributed by atoms with Gasteiger partial charge in [0.05, 0.1) is 12.1 Å². The van der Waals surface area contributed by atoms with Crippen LogP contribution in [0.3, 0.4) is 0 Å². The topological polar surface area (TPSA) is 102 Å². The number of rotatable bonds is 10. The quantitative estimate of drug-likeness (QED) is 0.387. The molecule has 0 aliphatic carbocycles. The van der Waals surface area contributed by atoms with E-state index in [0.717, 1.165) is 32.2 Å². The van der Waals surface area contributed by atoms with Crippen LogP contribution in [0, 0.1) is 11.3 Å². The van der Waals surface area contributed by atoms with Crippen LogP contribution in [0.1, 0.15) is 101 Å². The van der Waals surface area contributed by atoms with E-state index in [-0.39, 0.29) is 53.7 Å². The van der Waals surface area contributed by atoms with Gasteiger partial charge in [0.15, 0.2) is 0 Å². The Labute approximate surface area is 248 Å². The van der Waals surface area contributed by atoms with Gasteiger partial charge in [-0.3, -0.25) is 24.1 Å². The van der Waals surface area contributed by atoms with E-state index in [1.807, 2.05) is 54.5 Å². The molecule has 0 aromatic heterocycles. The first-order valence-electron chi connectivity index (χ1n) is 15.6. The molecule has 2 heterocycles. The highest BCUT2D eigenvalue weighted by Crippen LogP contribution is 2.27. The summed E-state index contributed by atoms with van der Waals surface area (Å²) in [5.74, 6) is -0.545.